The van der Waals surface area contributed by atoms with Crippen molar-refractivity contribution in [3.8, 4) is 11.5 Å². The number of allylic oxidation sites excluding steroid dienone is 3. The van der Waals surface area contributed by atoms with E-state index in [1.165, 1.54) is 21.1 Å². The van der Waals surface area contributed by atoms with Crippen LogP contribution in [0.3, 0.4) is 0 Å². The number of dihydropyridines is 1. The molecule has 148 valence electrons. The van der Waals surface area contributed by atoms with Crippen LogP contribution in [-0.2, 0) is 19.1 Å². The van der Waals surface area contributed by atoms with Crippen LogP contribution in [0.2, 0.25) is 0 Å². The van der Waals surface area contributed by atoms with Gasteiger partial charge in [0.25, 0.3) is 0 Å². The molecule has 0 saturated carbocycles. The second-order valence-electron chi connectivity index (χ2n) is 6.76. The highest BCUT2D eigenvalue weighted by molar-refractivity contribution is 6.03. The lowest BCUT2D eigenvalue weighted by Crippen LogP contribution is -2.34. The molecule has 0 amide bonds. The standard InChI is InChI=1S/C21H23NO6/c1-11-18(21(25)27-4)19(20-14(22-11)6-5-7-15(20)24)13-8-9-16(28-12(2)23)17(10-13)26-3/h8-10,19,22H,5-7H2,1-4H3/t19-/m1/s1. The third-order valence-electron chi connectivity index (χ3n) is 4.96. The highest BCUT2D eigenvalue weighted by Crippen LogP contribution is 2.44. The van der Waals surface area contributed by atoms with Crippen LogP contribution in [0.25, 0.3) is 0 Å². The maximum Gasteiger partial charge on any atom is 0.336 e. The van der Waals surface area contributed by atoms with Crippen molar-refractivity contribution in [2.75, 3.05) is 14.2 Å². The molecule has 1 atom stereocenters. The van der Waals surface area contributed by atoms with Gasteiger partial charge in [-0.25, -0.2) is 4.79 Å². The average Bonchev–Trinajstić information content (AvgIpc) is 2.66. The molecule has 1 aromatic rings. The maximum absolute atomic E-state index is 12.8. The third kappa shape index (κ3) is 3.52. The van der Waals surface area contributed by atoms with Gasteiger partial charge in [0, 0.05) is 36.2 Å². The number of carbonyl (C=O) groups is 3. The fourth-order valence-corrected chi connectivity index (χ4v) is 3.80. The summed E-state index contributed by atoms with van der Waals surface area (Å²) in [6.07, 6.45) is 1.95. The van der Waals surface area contributed by atoms with Crippen LogP contribution in [0, 0.1) is 0 Å². The van der Waals surface area contributed by atoms with Gasteiger partial charge in [0.15, 0.2) is 17.3 Å². The summed E-state index contributed by atoms with van der Waals surface area (Å²) in [5.41, 5.74) is 3.16. The van der Waals surface area contributed by atoms with Crippen LogP contribution in [-0.4, -0.2) is 31.9 Å². The van der Waals surface area contributed by atoms with Gasteiger partial charge in [0.1, 0.15) is 0 Å². The Morgan fingerprint density at radius 2 is 1.89 bits per heavy atom. The van der Waals surface area contributed by atoms with E-state index >= 15 is 0 Å². The van der Waals surface area contributed by atoms with Gasteiger partial charge < -0.3 is 19.5 Å². The first kappa shape index (κ1) is 19.7. The molecule has 0 bridgehead atoms. The number of rotatable bonds is 4. The molecule has 2 aliphatic rings. The number of esters is 2. The zero-order valence-corrected chi connectivity index (χ0v) is 16.4. The van der Waals surface area contributed by atoms with Crippen molar-refractivity contribution >= 4 is 17.7 Å². The normalized spacial score (nSPS) is 19.0. The zero-order valence-electron chi connectivity index (χ0n) is 16.4. The Morgan fingerprint density at radius 3 is 2.54 bits per heavy atom. The first-order chi connectivity index (χ1) is 13.4. The monoisotopic (exact) mass is 385 g/mol. The number of ketones is 1. The summed E-state index contributed by atoms with van der Waals surface area (Å²) < 4.78 is 15.5. The van der Waals surface area contributed by atoms with Gasteiger partial charge in [0.05, 0.1) is 19.8 Å². The van der Waals surface area contributed by atoms with Crippen molar-refractivity contribution in [3.63, 3.8) is 0 Å². The largest absolute Gasteiger partial charge is 0.493 e. The predicted octanol–water partition coefficient (Wildman–Crippen LogP) is 2.76. The predicted molar refractivity (Wildman–Crippen MR) is 101 cm³/mol. The van der Waals surface area contributed by atoms with E-state index in [9.17, 15) is 14.4 Å². The summed E-state index contributed by atoms with van der Waals surface area (Å²) in [7, 11) is 2.78. The third-order valence-corrected chi connectivity index (χ3v) is 4.96. The first-order valence-corrected chi connectivity index (χ1v) is 9.06. The van der Waals surface area contributed by atoms with Gasteiger partial charge in [-0.15, -0.1) is 0 Å². The van der Waals surface area contributed by atoms with Crippen LogP contribution >= 0.6 is 0 Å². The van der Waals surface area contributed by atoms with Crippen LogP contribution in [0.1, 0.15) is 44.6 Å². The molecule has 3 rings (SSSR count). The minimum atomic E-state index is -0.572. The van der Waals surface area contributed by atoms with E-state index in [1.54, 1.807) is 25.1 Å². The molecular formula is C21H23NO6. The zero-order chi connectivity index (χ0) is 20.4. The molecule has 0 radical (unpaired) electrons. The molecule has 0 fully saturated rings. The Kier molecular flexibility index (Phi) is 5.53. The first-order valence-electron chi connectivity index (χ1n) is 9.06. The molecule has 1 aliphatic carbocycles. The van der Waals surface area contributed by atoms with Crippen molar-refractivity contribution in [3.05, 3.63) is 46.3 Å². The molecule has 28 heavy (non-hydrogen) atoms. The SMILES string of the molecule is COC(=O)C1=C(C)NC2=C(C(=O)CCC2)[C@@H]1c1ccc(OC(C)=O)c(OC)c1. The smallest absolute Gasteiger partial charge is 0.336 e. The van der Waals surface area contributed by atoms with E-state index in [1.807, 2.05) is 0 Å². The molecule has 7 heteroatoms. The van der Waals surface area contributed by atoms with Crippen molar-refractivity contribution in [2.45, 2.75) is 39.0 Å². The summed E-state index contributed by atoms with van der Waals surface area (Å²) in [4.78, 5) is 36.6. The number of hydrogen-bond donors (Lipinski definition) is 1. The quantitative estimate of drug-likeness (QED) is 0.629. The Labute approximate surface area is 163 Å². The van der Waals surface area contributed by atoms with Gasteiger partial charge in [0.2, 0.25) is 0 Å². The molecule has 0 saturated heterocycles. The summed E-state index contributed by atoms with van der Waals surface area (Å²) in [5, 5.41) is 3.22. The number of Topliss-reactive ketones (excluding diaryl/α,β-unsaturated/α-hetero) is 1. The van der Waals surface area contributed by atoms with Gasteiger partial charge in [-0.1, -0.05) is 6.07 Å². The van der Waals surface area contributed by atoms with E-state index in [4.69, 9.17) is 14.2 Å². The fraction of sp³-hybridized carbons (Fsp3) is 0.381. The summed E-state index contributed by atoms with van der Waals surface area (Å²) in [5.74, 6) is -0.905. The molecule has 0 aromatic heterocycles. The highest BCUT2D eigenvalue weighted by atomic mass is 16.6. The molecule has 1 aliphatic heterocycles. The lowest BCUT2D eigenvalue weighted by atomic mass is 9.75. The van der Waals surface area contributed by atoms with Gasteiger partial charge in [-0.3, -0.25) is 9.59 Å². The Hall–Kier alpha value is -3.09. The molecule has 1 heterocycles. The van der Waals surface area contributed by atoms with Gasteiger partial charge >= 0.3 is 11.9 Å². The number of nitrogens with one attached hydrogen (secondary N) is 1. The van der Waals surface area contributed by atoms with E-state index in [0.29, 0.717) is 34.6 Å². The van der Waals surface area contributed by atoms with Crippen LogP contribution in [0.4, 0.5) is 0 Å². The summed E-state index contributed by atoms with van der Waals surface area (Å²) in [6, 6.07) is 5.03. The second-order valence-corrected chi connectivity index (χ2v) is 6.76. The Bertz CT molecular complexity index is 911. The minimum Gasteiger partial charge on any atom is -0.493 e. The topological polar surface area (TPSA) is 90.9 Å². The summed E-state index contributed by atoms with van der Waals surface area (Å²) >= 11 is 0. The van der Waals surface area contributed by atoms with Crippen LogP contribution in [0.5, 0.6) is 11.5 Å². The molecule has 0 spiro atoms. The minimum absolute atomic E-state index is 0.00989. The number of carbonyl (C=O) groups excluding carboxylic acids is 3. The van der Waals surface area contributed by atoms with Crippen molar-refractivity contribution in [2.24, 2.45) is 0 Å². The van der Waals surface area contributed by atoms with Crippen LogP contribution < -0.4 is 14.8 Å². The van der Waals surface area contributed by atoms with E-state index in [2.05, 4.69) is 5.32 Å². The summed E-state index contributed by atoms with van der Waals surface area (Å²) in [6.45, 7) is 3.10. The number of ether oxygens (including phenoxy) is 3. The Balaban J connectivity index is 2.17. The van der Waals surface area contributed by atoms with Crippen molar-refractivity contribution in [1.82, 2.24) is 5.32 Å². The molecule has 0 unspecified atom stereocenters. The second kappa shape index (κ2) is 7.88. The lowest BCUT2D eigenvalue weighted by molar-refractivity contribution is -0.136. The number of benzene rings is 1. The van der Waals surface area contributed by atoms with E-state index < -0.39 is 17.9 Å². The van der Waals surface area contributed by atoms with Crippen molar-refractivity contribution in [1.29, 1.82) is 0 Å². The average molecular weight is 385 g/mol. The fourth-order valence-electron chi connectivity index (χ4n) is 3.80. The van der Waals surface area contributed by atoms with Crippen LogP contribution in [0.15, 0.2) is 40.7 Å². The number of methoxy groups -OCH3 is 2. The lowest BCUT2D eigenvalue weighted by Gasteiger charge is -2.34. The molecular weight excluding hydrogens is 362 g/mol. The molecule has 1 aromatic carbocycles. The highest BCUT2D eigenvalue weighted by Gasteiger charge is 2.39. The van der Waals surface area contributed by atoms with E-state index in [0.717, 1.165) is 18.5 Å². The number of hydrogen-bond acceptors (Lipinski definition) is 7. The van der Waals surface area contributed by atoms with Gasteiger partial charge in [-0.05, 0) is 37.5 Å². The maximum atomic E-state index is 12.8. The van der Waals surface area contributed by atoms with E-state index in [-0.39, 0.29) is 11.5 Å². The van der Waals surface area contributed by atoms with Gasteiger partial charge in [-0.2, -0.15) is 0 Å². The Morgan fingerprint density at radius 1 is 1.14 bits per heavy atom. The van der Waals surface area contributed by atoms with Crippen molar-refractivity contribution < 1.29 is 28.6 Å². The molecule has 1 N–H and O–H groups in total. The molecule has 7 nitrogen and oxygen atoms in total.